The molecule has 0 spiro atoms. The largest absolute Gasteiger partial charge is 0.352 e. The fourth-order valence-electron chi connectivity index (χ4n) is 2.57. The van der Waals surface area contributed by atoms with Crippen LogP contribution in [0.25, 0.3) is 0 Å². The molecule has 3 rings (SSSR count). The molecule has 2 N–H and O–H groups in total. The summed E-state index contributed by atoms with van der Waals surface area (Å²) in [5.41, 5.74) is 0.961. The number of hydrogen-bond acceptors (Lipinski definition) is 3. The molecule has 0 bridgehead atoms. The number of aryl methyl sites for hydroxylation is 1. The Hall–Kier alpha value is -1.06. The molecule has 6 nitrogen and oxygen atoms in total. The lowest BCUT2D eigenvalue weighted by Crippen LogP contribution is -2.37. The average Bonchev–Trinajstić information content (AvgIpc) is 3.13. The Kier molecular flexibility index (Phi) is 7.12. The van der Waals surface area contributed by atoms with E-state index in [0.717, 1.165) is 36.6 Å². The maximum absolute atomic E-state index is 6.17. The highest BCUT2D eigenvalue weighted by Crippen LogP contribution is 2.20. The van der Waals surface area contributed by atoms with Crippen molar-refractivity contribution in [3.63, 3.8) is 0 Å². The monoisotopic (exact) mass is 480 g/mol. The molecule has 9 heteroatoms. The molecule has 0 saturated carbocycles. The number of aliphatic imine (C=N–C) groups is 1. The number of benzene rings is 1. The Balaban J connectivity index is 0.00000208. The van der Waals surface area contributed by atoms with Crippen LogP contribution in [0.1, 0.15) is 23.6 Å². The van der Waals surface area contributed by atoms with E-state index >= 15 is 0 Å². The van der Waals surface area contributed by atoms with Crippen molar-refractivity contribution in [3.05, 3.63) is 45.5 Å². The summed E-state index contributed by atoms with van der Waals surface area (Å²) in [5, 5.41) is 16.2. The second-order valence-corrected chi connectivity index (χ2v) is 6.15. The van der Waals surface area contributed by atoms with Gasteiger partial charge in [-0.25, -0.2) is 0 Å². The summed E-state index contributed by atoms with van der Waals surface area (Å²) in [4.78, 5) is 4.21. The van der Waals surface area contributed by atoms with Gasteiger partial charge in [-0.1, -0.05) is 29.3 Å². The van der Waals surface area contributed by atoms with Crippen molar-refractivity contribution in [1.29, 1.82) is 0 Å². The van der Waals surface area contributed by atoms with Crippen molar-refractivity contribution in [3.8, 4) is 0 Å². The summed E-state index contributed by atoms with van der Waals surface area (Å²) < 4.78 is 2.16. The molecule has 2 heterocycles. The van der Waals surface area contributed by atoms with E-state index in [4.69, 9.17) is 23.2 Å². The molecule has 0 aliphatic carbocycles. The molecule has 0 saturated heterocycles. The van der Waals surface area contributed by atoms with Gasteiger partial charge < -0.3 is 15.2 Å². The molecule has 2 aromatic rings. The SMILES string of the molecule is CN=C(NCc1ccc(Cl)cc1Cl)NCc1nnc2n1CCC2.I. The van der Waals surface area contributed by atoms with Crippen LogP contribution in [-0.4, -0.2) is 27.8 Å². The van der Waals surface area contributed by atoms with Crippen molar-refractivity contribution in [1.82, 2.24) is 25.4 Å². The van der Waals surface area contributed by atoms with Gasteiger partial charge in [-0.05, 0) is 24.1 Å². The van der Waals surface area contributed by atoms with Gasteiger partial charge in [-0.2, -0.15) is 0 Å². The highest BCUT2D eigenvalue weighted by atomic mass is 127. The first-order valence-electron chi connectivity index (χ1n) is 7.47. The third-order valence-electron chi connectivity index (χ3n) is 3.79. The van der Waals surface area contributed by atoms with E-state index in [2.05, 4.69) is 30.4 Å². The van der Waals surface area contributed by atoms with Gasteiger partial charge in [0.1, 0.15) is 5.82 Å². The number of nitrogens with one attached hydrogen (secondary N) is 2. The average molecular weight is 481 g/mol. The molecule has 0 amide bonds. The Morgan fingerprint density at radius 1 is 1.25 bits per heavy atom. The van der Waals surface area contributed by atoms with Crippen LogP contribution >= 0.6 is 47.2 Å². The van der Waals surface area contributed by atoms with Gasteiger partial charge in [-0.3, -0.25) is 4.99 Å². The Labute approximate surface area is 168 Å². The van der Waals surface area contributed by atoms with Crippen molar-refractivity contribution in [2.75, 3.05) is 7.05 Å². The van der Waals surface area contributed by atoms with E-state index < -0.39 is 0 Å². The van der Waals surface area contributed by atoms with Gasteiger partial charge in [0, 0.05) is 36.6 Å². The molecule has 0 radical (unpaired) electrons. The molecular formula is C15H19Cl2IN6. The molecule has 1 aromatic heterocycles. The summed E-state index contributed by atoms with van der Waals surface area (Å²) in [7, 11) is 1.73. The van der Waals surface area contributed by atoms with Gasteiger partial charge in [-0.15, -0.1) is 34.2 Å². The first kappa shape index (κ1) is 19.3. The van der Waals surface area contributed by atoms with Crippen LogP contribution < -0.4 is 10.6 Å². The van der Waals surface area contributed by atoms with Crippen molar-refractivity contribution in [2.45, 2.75) is 32.5 Å². The normalized spacial score (nSPS) is 13.4. The number of hydrogen-bond donors (Lipinski definition) is 2. The third kappa shape index (κ3) is 4.52. The minimum atomic E-state index is 0. The van der Waals surface area contributed by atoms with Crippen molar-refractivity contribution >= 4 is 53.1 Å². The fourth-order valence-corrected chi connectivity index (χ4v) is 3.04. The zero-order valence-corrected chi connectivity index (χ0v) is 17.1. The Morgan fingerprint density at radius 3 is 2.79 bits per heavy atom. The van der Waals surface area contributed by atoms with Crippen molar-refractivity contribution in [2.24, 2.45) is 4.99 Å². The minimum absolute atomic E-state index is 0. The number of aromatic nitrogens is 3. The predicted molar refractivity (Wildman–Crippen MR) is 107 cm³/mol. The second kappa shape index (κ2) is 8.87. The van der Waals surface area contributed by atoms with E-state index in [0.29, 0.717) is 29.1 Å². The standard InChI is InChI=1S/C15H18Cl2N6.HI/c1-18-15(19-8-10-4-5-11(16)7-12(10)17)20-9-14-22-21-13-3-2-6-23(13)14;/h4-5,7H,2-3,6,8-9H2,1H3,(H2,18,19,20);1H. The maximum Gasteiger partial charge on any atom is 0.191 e. The van der Waals surface area contributed by atoms with Crippen molar-refractivity contribution < 1.29 is 0 Å². The fraction of sp³-hybridized carbons (Fsp3) is 0.400. The maximum atomic E-state index is 6.17. The van der Waals surface area contributed by atoms with E-state index in [1.165, 1.54) is 0 Å². The molecule has 0 fully saturated rings. The number of guanidine groups is 1. The molecule has 130 valence electrons. The van der Waals surface area contributed by atoms with Gasteiger partial charge >= 0.3 is 0 Å². The van der Waals surface area contributed by atoms with Gasteiger partial charge in [0.25, 0.3) is 0 Å². The Morgan fingerprint density at radius 2 is 2.04 bits per heavy atom. The summed E-state index contributed by atoms with van der Waals surface area (Å²) in [6.45, 7) is 2.14. The zero-order valence-electron chi connectivity index (χ0n) is 13.2. The minimum Gasteiger partial charge on any atom is -0.352 e. The molecule has 0 unspecified atom stereocenters. The van der Waals surface area contributed by atoms with E-state index in [1.807, 2.05) is 12.1 Å². The van der Waals surface area contributed by atoms with E-state index in [1.54, 1.807) is 13.1 Å². The lowest BCUT2D eigenvalue weighted by molar-refractivity contribution is 0.663. The molecule has 1 aromatic carbocycles. The van der Waals surface area contributed by atoms with Crippen LogP contribution in [0.2, 0.25) is 10.0 Å². The third-order valence-corrected chi connectivity index (χ3v) is 4.37. The number of nitrogens with zero attached hydrogens (tertiary/aromatic N) is 4. The first-order chi connectivity index (χ1) is 11.2. The lowest BCUT2D eigenvalue weighted by Gasteiger charge is -2.12. The molecule has 1 aliphatic heterocycles. The molecule has 0 atom stereocenters. The van der Waals surface area contributed by atoms with Crippen LogP contribution in [0.15, 0.2) is 23.2 Å². The number of fused-ring (bicyclic) bond motifs is 1. The molecule has 1 aliphatic rings. The summed E-state index contributed by atoms with van der Waals surface area (Å²) in [6, 6.07) is 5.45. The molecular weight excluding hydrogens is 462 g/mol. The van der Waals surface area contributed by atoms with Crippen LogP contribution in [0, 0.1) is 0 Å². The summed E-state index contributed by atoms with van der Waals surface area (Å²) in [5.74, 6) is 2.69. The van der Waals surface area contributed by atoms with Crippen LogP contribution in [0.5, 0.6) is 0 Å². The number of halogens is 3. The topological polar surface area (TPSA) is 67.1 Å². The molecule has 24 heavy (non-hydrogen) atoms. The Bertz CT molecular complexity index is 731. The summed E-state index contributed by atoms with van der Waals surface area (Å²) in [6.07, 6.45) is 2.15. The van der Waals surface area contributed by atoms with Gasteiger partial charge in [0.05, 0.1) is 6.54 Å². The first-order valence-corrected chi connectivity index (χ1v) is 8.22. The predicted octanol–water partition coefficient (Wildman–Crippen LogP) is 3.01. The van der Waals surface area contributed by atoms with E-state index in [-0.39, 0.29) is 24.0 Å². The quantitative estimate of drug-likeness (QED) is 0.401. The van der Waals surface area contributed by atoms with Crippen LogP contribution in [-0.2, 0) is 26.1 Å². The van der Waals surface area contributed by atoms with Crippen LogP contribution in [0.3, 0.4) is 0 Å². The van der Waals surface area contributed by atoms with Gasteiger partial charge in [0.2, 0.25) is 0 Å². The number of rotatable bonds is 4. The van der Waals surface area contributed by atoms with Gasteiger partial charge in [0.15, 0.2) is 11.8 Å². The second-order valence-electron chi connectivity index (χ2n) is 5.30. The highest BCUT2D eigenvalue weighted by molar-refractivity contribution is 14.0. The smallest absolute Gasteiger partial charge is 0.191 e. The van der Waals surface area contributed by atoms with E-state index in [9.17, 15) is 0 Å². The zero-order chi connectivity index (χ0) is 16.2. The lowest BCUT2D eigenvalue weighted by atomic mass is 10.2. The highest BCUT2D eigenvalue weighted by Gasteiger charge is 2.17. The van der Waals surface area contributed by atoms with Crippen LogP contribution in [0.4, 0.5) is 0 Å². The summed E-state index contributed by atoms with van der Waals surface area (Å²) >= 11 is 12.1.